The van der Waals surface area contributed by atoms with Gasteiger partial charge >= 0.3 is 0 Å². The van der Waals surface area contributed by atoms with E-state index in [2.05, 4.69) is 0 Å². The van der Waals surface area contributed by atoms with Crippen LogP contribution in [0.25, 0.3) is 0 Å². The van der Waals surface area contributed by atoms with Gasteiger partial charge in [0.15, 0.2) is 0 Å². The van der Waals surface area contributed by atoms with E-state index in [0.717, 1.165) is 25.9 Å². The molecule has 0 aromatic rings. The smallest absolute Gasteiger partial charge is 0.0512 e. The molecule has 2 N–H and O–H groups in total. The van der Waals surface area contributed by atoms with E-state index < -0.39 is 0 Å². The van der Waals surface area contributed by atoms with Gasteiger partial charge in [0.1, 0.15) is 0 Å². The third-order valence-electron chi connectivity index (χ3n) is 4.12. The molecule has 1 rings (SSSR count). The first-order valence-electron chi connectivity index (χ1n) is 6.50. The van der Waals surface area contributed by atoms with E-state index in [1.54, 1.807) is 7.11 Å². The van der Waals surface area contributed by atoms with Crippen molar-refractivity contribution in [1.29, 1.82) is 0 Å². The van der Waals surface area contributed by atoms with Crippen LogP contribution in [-0.2, 0) is 4.74 Å². The summed E-state index contributed by atoms with van der Waals surface area (Å²) in [6, 6.07) is 0. The molecule has 1 fully saturated rings. The molecule has 3 heteroatoms. The first kappa shape index (κ1) is 13.9. The van der Waals surface area contributed by atoms with Crippen molar-refractivity contribution in [2.24, 2.45) is 11.3 Å². The maximum Gasteiger partial charge on any atom is 0.0512 e. The number of ether oxygens (including phenoxy) is 1. The highest BCUT2D eigenvalue weighted by molar-refractivity contribution is 4.88. The van der Waals surface area contributed by atoms with Crippen LogP contribution in [0.5, 0.6) is 0 Å². The van der Waals surface area contributed by atoms with Gasteiger partial charge < -0.3 is 14.9 Å². The lowest BCUT2D eigenvalue weighted by atomic mass is 9.72. The molecule has 1 aliphatic carbocycles. The van der Waals surface area contributed by atoms with Gasteiger partial charge in [-0.15, -0.1) is 0 Å². The van der Waals surface area contributed by atoms with Gasteiger partial charge in [0, 0.05) is 19.1 Å². The Bertz CT molecular complexity index is 172. The standard InChI is InChI=1S/C13H26O3/c1-16-9-5-4-8-13(10-14,11-15)12-6-2-3-7-12/h12,14-15H,2-11H2,1H3. The molecule has 0 spiro atoms. The van der Waals surface area contributed by atoms with E-state index in [1.807, 2.05) is 0 Å². The number of unbranched alkanes of at least 4 members (excludes halogenated alkanes) is 1. The lowest BCUT2D eigenvalue weighted by Crippen LogP contribution is -2.37. The van der Waals surface area contributed by atoms with Gasteiger partial charge in [-0.1, -0.05) is 19.3 Å². The molecule has 0 aromatic heterocycles. The maximum absolute atomic E-state index is 9.60. The van der Waals surface area contributed by atoms with Crippen LogP contribution in [0.1, 0.15) is 44.9 Å². The molecule has 96 valence electrons. The molecule has 0 aromatic carbocycles. The molecular formula is C13H26O3. The van der Waals surface area contributed by atoms with E-state index >= 15 is 0 Å². The number of methoxy groups -OCH3 is 1. The molecule has 0 unspecified atom stereocenters. The van der Waals surface area contributed by atoms with Crippen molar-refractivity contribution in [3.05, 3.63) is 0 Å². The topological polar surface area (TPSA) is 49.7 Å². The molecular weight excluding hydrogens is 204 g/mol. The Balaban J connectivity index is 2.43. The largest absolute Gasteiger partial charge is 0.396 e. The summed E-state index contributed by atoms with van der Waals surface area (Å²) in [4.78, 5) is 0. The fourth-order valence-corrected chi connectivity index (χ4v) is 2.93. The monoisotopic (exact) mass is 230 g/mol. The minimum atomic E-state index is -0.232. The zero-order valence-electron chi connectivity index (χ0n) is 10.5. The van der Waals surface area contributed by atoms with Crippen molar-refractivity contribution < 1.29 is 14.9 Å². The first-order chi connectivity index (χ1) is 7.79. The third kappa shape index (κ3) is 3.44. The van der Waals surface area contributed by atoms with Crippen LogP contribution in [0.2, 0.25) is 0 Å². The number of aliphatic hydroxyl groups excluding tert-OH is 2. The predicted octanol–water partition coefficient (Wildman–Crippen LogP) is 1.96. The average molecular weight is 230 g/mol. The number of aliphatic hydroxyl groups is 2. The quantitative estimate of drug-likeness (QED) is 0.627. The van der Waals surface area contributed by atoms with Crippen molar-refractivity contribution >= 4 is 0 Å². The lowest BCUT2D eigenvalue weighted by molar-refractivity contribution is -0.00450. The van der Waals surface area contributed by atoms with E-state index in [9.17, 15) is 10.2 Å². The fraction of sp³-hybridized carbons (Fsp3) is 1.00. The highest BCUT2D eigenvalue weighted by atomic mass is 16.5. The summed E-state index contributed by atoms with van der Waals surface area (Å²) in [6.07, 6.45) is 7.83. The minimum absolute atomic E-state index is 0.126. The Morgan fingerprint density at radius 2 is 1.75 bits per heavy atom. The molecule has 3 nitrogen and oxygen atoms in total. The summed E-state index contributed by atoms with van der Waals surface area (Å²) >= 11 is 0. The van der Waals surface area contributed by atoms with Crippen LogP contribution in [0.4, 0.5) is 0 Å². The molecule has 0 amide bonds. The van der Waals surface area contributed by atoms with Crippen molar-refractivity contribution in [2.75, 3.05) is 26.9 Å². The Kier molecular flexibility index (Phi) is 6.32. The summed E-state index contributed by atoms with van der Waals surface area (Å²) in [5.41, 5.74) is -0.232. The second-order valence-corrected chi connectivity index (χ2v) is 5.11. The lowest BCUT2D eigenvalue weighted by Gasteiger charge is -2.36. The summed E-state index contributed by atoms with van der Waals surface area (Å²) in [5.74, 6) is 0.519. The zero-order chi connectivity index (χ0) is 11.9. The average Bonchev–Trinajstić information content (AvgIpc) is 2.84. The normalized spacial score (nSPS) is 18.2. The van der Waals surface area contributed by atoms with Gasteiger partial charge in [-0.2, -0.15) is 0 Å². The molecule has 0 heterocycles. The SMILES string of the molecule is COCCCCC(CO)(CO)C1CCCC1. The summed E-state index contributed by atoms with van der Waals surface area (Å²) in [7, 11) is 1.71. The number of rotatable bonds is 8. The van der Waals surface area contributed by atoms with Crippen LogP contribution < -0.4 is 0 Å². The van der Waals surface area contributed by atoms with Crippen LogP contribution in [0.3, 0.4) is 0 Å². The Labute approximate surface area is 98.8 Å². The molecule has 0 aliphatic heterocycles. The second kappa shape index (κ2) is 7.25. The highest BCUT2D eigenvalue weighted by Crippen LogP contribution is 2.42. The van der Waals surface area contributed by atoms with Gasteiger partial charge in [0.25, 0.3) is 0 Å². The molecule has 1 aliphatic rings. The van der Waals surface area contributed by atoms with Crippen molar-refractivity contribution in [1.82, 2.24) is 0 Å². The Morgan fingerprint density at radius 3 is 2.25 bits per heavy atom. The molecule has 0 saturated heterocycles. The number of hydrogen-bond acceptors (Lipinski definition) is 3. The van der Waals surface area contributed by atoms with Gasteiger partial charge in [-0.25, -0.2) is 0 Å². The fourth-order valence-electron chi connectivity index (χ4n) is 2.93. The minimum Gasteiger partial charge on any atom is -0.396 e. The zero-order valence-corrected chi connectivity index (χ0v) is 10.5. The number of hydrogen-bond donors (Lipinski definition) is 2. The molecule has 0 radical (unpaired) electrons. The van der Waals surface area contributed by atoms with E-state index in [-0.39, 0.29) is 18.6 Å². The Hall–Kier alpha value is -0.120. The Morgan fingerprint density at radius 1 is 1.12 bits per heavy atom. The summed E-state index contributed by atoms with van der Waals surface area (Å²) in [6.45, 7) is 1.03. The predicted molar refractivity (Wildman–Crippen MR) is 64.3 cm³/mol. The van der Waals surface area contributed by atoms with Gasteiger partial charge in [-0.05, 0) is 31.6 Å². The van der Waals surface area contributed by atoms with Crippen molar-refractivity contribution in [3.8, 4) is 0 Å². The highest BCUT2D eigenvalue weighted by Gasteiger charge is 2.38. The van der Waals surface area contributed by atoms with Crippen molar-refractivity contribution in [2.45, 2.75) is 44.9 Å². The van der Waals surface area contributed by atoms with E-state index in [0.29, 0.717) is 5.92 Å². The molecule has 0 bridgehead atoms. The third-order valence-corrected chi connectivity index (χ3v) is 4.12. The molecule has 16 heavy (non-hydrogen) atoms. The van der Waals surface area contributed by atoms with Gasteiger partial charge in [0.2, 0.25) is 0 Å². The summed E-state index contributed by atoms with van der Waals surface area (Å²) < 4.78 is 5.02. The van der Waals surface area contributed by atoms with Crippen LogP contribution >= 0.6 is 0 Å². The van der Waals surface area contributed by atoms with E-state index in [4.69, 9.17) is 4.74 Å². The van der Waals surface area contributed by atoms with Crippen LogP contribution in [0, 0.1) is 11.3 Å². The van der Waals surface area contributed by atoms with Gasteiger partial charge in [0.05, 0.1) is 13.2 Å². The summed E-state index contributed by atoms with van der Waals surface area (Å²) in [5, 5.41) is 19.2. The molecule has 0 atom stereocenters. The second-order valence-electron chi connectivity index (χ2n) is 5.11. The molecule has 1 saturated carbocycles. The van der Waals surface area contributed by atoms with Gasteiger partial charge in [-0.3, -0.25) is 0 Å². The van der Waals surface area contributed by atoms with Crippen LogP contribution in [-0.4, -0.2) is 37.1 Å². The first-order valence-corrected chi connectivity index (χ1v) is 6.50. The van der Waals surface area contributed by atoms with Crippen LogP contribution in [0.15, 0.2) is 0 Å². The maximum atomic E-state index is 9.60. The van der Waals surface area contributed by atoms with Crippen molar-refractivity contribution in [3.63, 3.8) is 0 Å². The van der Waals surface area contributed by atoms with E-state index in [1.165, 1.54) is 25.7 Å².